The van der Waals surface area contributed by atoms with Crippen molar-refractivity contribution in [1.29, 1.82) is 0 Å². The number of nitrogens with one attached hydrogen (secondary N) is 1. The van der Waals surface area contributed by atoms with E-state index < -0.39 is 6.10 Å². The van der Waals surface area contributed by atoms with Crippen LogP contribution >= 0.6 is 0 Å². The molecule has 19 heavy (non-hydrogen) atoms. The number of hydrogen-bond acceptors (Lipinski definition) is 3. The second-order valence-corrected chi connectivity index (χ2v) is 4.65. The first-order valence-electron chi connectivity index (χ1n) is 6.38. The number of carbonyl (C=O) groups excluding carboxylic acids is 1. The van der Waals surface area contributed by atoms with Gasteiger partial charge in [-0.1, -0.05) is 18.1 Å². The Morgan fingerprint density at radius 1 is 1.68 bits per heavy atom. The van der Waals surface area contributed by atoms with E-state index >= 15 is 0 Å². The molecule has 2 rings (SSSR count). The van der Waals surface area contributed by atoms with Crippen molar-refractivity contribution in [3.05, 3.63) is 29.3 Å². The van der Waals surface area contributed by atoms with Crippen molar-refractivity contribution in [2.24, 2.45) is 5.73 Å². The lowest BCUT2D eigenvalue weighted by Gasteiger charge is -2.16. The number of nitrogens with two attached hydrogens (primary N) is 1. The van der Waals surface area contributed by atoms with Crippen LogP contribution in [-0.4, -0.2) is 18.6 Å². The van der Waals surface area contributed by atoms with Crippen LogP contribution in [0.1, 0.15) is 30.5 Å². The van der Waals surface area contributed by atoms with E-state index in [2.05, 4.69) is 11.2 Å². The zero-order valence-electron chi connectivity index (χ0n) is 11.0. The minimum Gasteiger partial charge on any atom is -0.481 e. The van der Waals surface area contributed by atoms with Crippen LogP contribution in [0.25, 0.3) is 0 Å². The highest BCUT2D eigenvalue weighted by Crippen LogP contribution is 2.35. The molecule has 0 bridgehead atoms. The third-order valence-electron chi connectivity index (χ3n) is 3.31. The van der Waals surface area contributed by atoms with Gasteiger partial charge in [-0.15, -0.1) is 6.42 Å². The summed E-state index contributed by atoms with van der Waals surface area (Å²) in [6.45, 7) is 1.92. The molecule has 0 aromatic heterocycles. The Morgan fingerprint density at radius 3 is 3.21 bits per heavy atom. The number of rotatable bonds is 4. The third-order valence-corrected chi connectivity index (χ3v) is 3.31. The van der Waals surface area contributed by atoms with Crippen LogP contribution in [0.3, 0.4) is 0 Å². The summed E-state index contributed by atoms with van der Waals surface area (Å²) in [7, 11) is 0. The fourth-order valence-corrected chi connectivity index (χ4v) is 2.29. The summed E-state index contributed by atoms with van der Waals surface area (Å²) in [6, 6.07) is 5.88. The van der Waals surface area contributed by atoms with E-state index in [-0.39, 0.29) is 18.5 Å². The topological polar surface area (TPSA) is 64.3 Å². The maximum absolute atomic E-state index is 11.7. The first kappa shape index (κ1) is 13.4. The fourth-order valence-electron chi connectivity index (χ4n) is 2.29. The largest absolute Gasteiger partial charge is 0.481 e. The van der Waals surface area contributed by atoms with Gasteiger partial charge in [-0.25, -0.2) is 0 Å². The molecular formula is C15H18N2O2. The van der Waals surface area contributed by atoms with Gasteiger partial charge in [0.1, 0.15) is 5.75 Å². The fraction of sp³-hybridized carbons (Fsp3) is 0.400. The Kier molecular flexibility index (Phi) is 4.08. The predicted octanol–water partition coefficient (Wildman–Crippen LogP) is 1.15. The Bertz CT molecular complexity index is 519. The molecule has 0 saturated heterocycles. The summed E-state index contributed by atoms with van der Waals surface area (Å²) in [4.78, 5) is 11.7. The molecule has 2 atom stereocenters. The van der Waals surface area contributed by atoms with Gasteiger partial charge in [0.25, 0.3) is 5.91 Å². The van der Waals surface area contributed by atoms with E-state index in [1.807, 2.05) is 18.2 Å². The van der Waals surface area contributed by atoms with Crippen LogP contribution in [0.15, 0.2) is 18.2 Å². The van der Waals surface area contributed by atoms with E-state index in [4.69, 9.17) is 16.9 Å². The number of amides is 1. The smallest absolute Gasteiger partial charge is 0.261 e. The van der Waals surface area contributed by atoms with Crippen molar-refractivity contribution in [3.63, 3.8) is 0 Å². The van der Waals surface area contributed by atoms with Gasteiger partial charge in [0.2, 0.25) is 0 Å². The van der Waals surface area contributed by atoms with Gasteiger partial charge in [-0.3, -0.25) is 4.79 Å². The molecule has 0 spiro atoms. The number of carbonyl (C=O) groups is 1. The van der Waals surface area contributed by atoms with Crippen LogP contribution < -0.4 is 15.8 Å². The maximum Gasteiger partial charge on any atom is 0.261 e. The molecule has 0 heterocycles. The van der Waals surface area contributed by atoms with Crippen LogP contribution in [0.4, 0.5) is 0 Å². The van der Waals surface area contributed by atoms with Crippen molar-refractivity contribution in [2.45, 2.75) is 31.9 Å². The van der Waals surface area contributed by atoms with Crippen molar-refractivity contribution in [3.8, 4) is 18.1 Å². The molecule has 1 aromatic rings. The average Bonchev–Trinajstić information content (AvgIpc) is 2.79. The van der Waals surface area contributed by atoms with E-state index in [0.29, 0.717) is 0 Å². The first-order chi connectivity index (χ1) is 9.13. The molecule has 100 valence electrons. The first-order valence-corrected chi connectivity index (χ1v) is 6.38. The van der Waals surface area contributed by atoms with E-state index in [9.17, 15) is 4.79 Å². The van der Waals surface area contributed by atoms with Crippen molar-refractivity contribution in [1.82, 2.24) is 5.32 Å². The minimum atomic E-state index is -0.573. The average molecular weight is 258 g/mol. The van der Waals surface area contributed by atoms with Crippen molar-refractivity contribution >= 4 is 5.91 Å². The van der Waals surface area contributed by atoms with Crippen molar-refractivity contribution < 1.29 is 9.53 Å². The molecule has 1 aromatic carbocycles. The quantitative estimate of drug-likeness (QED) is 0.796. The minimum absolute atomic E-state index is 0.0733. The van der Waals surface area contributed by atoms with Crippen LogP contribution in [0.2, 0.25) is 0 Å². The van der Waals surface area contributed by atoms with E-state index in [1.54, 1.807) is 6.92 Å². The summed E-state index contributed by atoms with van der Waals surface area (Å²) >= 11 is 0. The van der Waals surface area contributed by atoms with Gasteiger partial charge in [0.05, 0.1) is 6.54 Å². The summed E-state index contributed by atoms with van der Waals surface area (Å²) in [5.41, 5.74) is 8.25. The Morgan fingerprint density at radius 2 is 2.47 bits per heavy atom. The van der Waals surface area contributed by atoms with E-state index in [0.717, 1.165) is 29.7 Å². The summed E-state index contributed by atoms with van der Waals surface area (Å²) < 4.78 is 5.73. The Labute approximate surface area is 113 Å². The Hall–Kier alpha value is -1.99. The molecule has 1 aliphatic rings. The number of terminal acetylenes is 1. The lowest BCUT2D eigenvalue weighted by atomic mass is 10.1. The lowest BCUT2D eigenvalue weighted by molar-refractivity contribution is -0.127. The van der Waals surface area contributed by atoms with Crippen molar-refractivity contribution in [2.75, 3.05) is 6.54 Å². The number of benzene rings is 1. The zero-order chi connectivity index (χ0) is 13.8. The van der Waals surface area contributed by atoms with Crippen LogP contribution in [0.5, 0.6) is 5.75 Å². The third kappa shape index (κ3) is 2.88. The van der Waals surface area contributed by atoms with Gasteiger partial charge >= 0.3 is 0 Å². The summed E-state index contributed by atoms with van der Waals surface area (Å²) in [6.07, 6.45) is 6.34. The Balaban J connectivity index is 2.08. The monoisotopic (exact) mass is 258 g/mol. The van der Waals surface area contributed by atoms with Crippen LogP contribution in [-0.2, 0) is 11.2 Å². The zero-order valence-corrected chi connectivity index (χ0v) is 11.0. The molecule has 3 N–H and O–H groups in total. The van der Waals surface area contributed by atoms with E-state index in [1.165, 1.54) is 0 Å². The highest BCUT2D eigenvalue weighted by atomic mass is 16.5. The lowest BCUT2D eigenvalue weighted by Crippen LogP contribution is -2.36. The molecule has 1 aliphatic carbocycles. The highest BCUT2D eigenvalue weighted by Gasteiger charge is 2.24. The molecular weight excluding hydrogens is 240 g/mol. The van der Waals surface area contributed by atoms with Gasteiger partial charge < -0.3 is 15.8 Å². The second-order valence-electron chi connectivity index (χ2n) is 4.65. The standard InChI is InChI=1S/C15H18N2O2/c1-3-9-17-15(18)10(2)19-14-6-4-5-11-12(14)7-8-13(11)16/h1,4-6,10,13H,7-9,16H2,2H3,(H,17,18). The summed E-state index contributed by atoms with van der Waals surface area (Å²) in [5.74, 6) is 2.89. The van der Waals surface area contributed by atoms with Gasteiger partial charge in [-0.2, -0.15) is 0 Å². The highest BCUT2D eigenvalue weighted by molar-refractivity contribution is 5.81. The molecule has 1 amide bonds. The molecule has 4 heteroatoms. The number of hydrogen-bond donors (Lipinski definition) is 2. The number of ether oxygens (including phenoxy) is 1. The second kappa shape index (κ2) is 5.77. The molecule has 2 unspecified atom stereocenters. The predicted molar refractivity (Wildman–Crippen MR) is 73.6 cm³/mol. The maximum atomic E-state index is 11.7. The molecule has 0 fully saturated rings. The van der Waals surface area contributed by atoms with Crippen LogP contribution in [0, 0.1) is 12.3 Å². The normalized spacial score (nSPS) is 18.3. The molecule has 0 aliphatic heterocycles. The molecule has 0 radical (unpaired) electrons. The van der Waals surface area contributed by atoms with Gasteiger partial charge in [-0.05, 0) is 37.0 Å². The summed E-state index contributed by atoms with van der Waals surface area (Å²) in [5, 5.41) is 2.60. The SMILES string of the molecule is C#CCNC(=O)C(C)Oc1cccc2c1CCC2N. The van der Waals surface area contributed by atoms with Gasteiger partial charge in [0, 0.05) is 6.04 Å². The molecule has 0 saturated carbocycles. The van der Waals surface area contributed by atoms with Gasteiger partial charge in [0.15, 0.2) is 6.10 Å². The molecule has 4 nitrogen and oxygen atoms in total. The number of fused-ring (bicyclic) bond motifs is 1.